The van der Waals surface area contributed by atoms with Crippen LogP contribution in [0, 0.1) is 0 Å². The second-order valence-corrected chi connectivity index (χ2v) is 5.41. The van der Waals surface area contributed by atoms with E-state index in [4.69, 9.17) is 4.74 Å². The highest BCUT2D eigenvalue weighted by molar-refractivity contribution is 7.87. The zero-order valence-electron chi connectivity index (χ0n) is 10.8. The molecule has 0 fully saturated rings. The molecule has 2 aromatic rings. The molecule has 1 atom stereocenters. The summed E-state index contributed by atoms with van der Waals surface area (Å²) in [4.78, 5) is 0. The molecule has 2 aromatic carbocycles. The predicted octanol–water partition coefficient (Wildman–Crippen LogP) is 3.61. The van der Waals surface area contributed by atoms with Crippen LogP contribution < -0.4 is 4.74 Å². The summed E-state index contributed by atoms with van der Waals surface area (Å²) in [6.07, 6.45) is 1.89. The maximum absolute atomic E-state index is 11.9. The molecule has 2 nitrogen and oxygen atoms in total. The number of hydrogen-bond donors (Lipinski definition) is 0. The highest BCUT2D eigenvalue weighted by atomic mass is 32.2. The summed E-state index contributed by atoms with van der Waals surface area (Å²) >= 11 is 0. The Morgan fingerprint density at radius 1 is 1.05 bits per heavy atom. The van der Waals surface area contributed by atoms with E-state index in [1.807, 2.05) is 60.7 Å². The van der Waals surface area contributed by atoms with E-state index in [1.54, 1.807) is 12.5 Å². The van der Waals surface area contributed by atoms with Crippen LogP contribution >= 0.6 is 0 Å². The van der Waals surface area contributed by atoms with E-state index < -0.39 is 10.8 Å². The van der Waals surface area contributed by atoms with Gasteiger partial charge in [0, 0.05) is 5.41 Å². The SMILES string of the molecule is COc1ccc(CS(=O)C=Cc2ccccc2)cc1. The van der Waals surface area contributed by atoms with Crippen molar-refractivity contribution < 1.29 is 8.95 Å². The standard InChI is InChI=1S/C16H16O2S/c1-18-16-9-7-15(8-10-16)13-19(17)12-11-14-5-3-2-4-6-14/h2-12H,13H2,1H3. The first kappa shape index (κ1) is 13.6. The van der Waals surface area contributed by atoms with Gasteiger partial charge < -0.3 is 4.74 Å². The Morgan fingerprint density at radius 2 is 1.74 bits per heavy atom. The number of ether oxygens (including phenoxy) is 1. The van der Waals surface area contributed by atoms with E-state index in [2.05, 4.69) is 0 Å². The molecule has 0 radical (unpaired) electrons. The molecule has 0 aliphatic carbocycles. The second-order valence-electron chi connectivity index (χ2n) is 4.09. The fourth-order valence-electron chi connectivity index (χ4n) is 1.65. The van der Waals surface area contributed by atoms with Crippen molar-refractivity contribution in [3.05, 3.63) is 71.1 Å². The first-order valence-electron chi connectivity index (χ1n) is 6.01. The lowest BCUT2D eigenvalue weighted by Crippen LogP contribution is -1.91. The van der Waals surface area contributed by atoms with Crippen LogP contribution in [0.15, 0.2) is 60.0 Å². The molecule has 0 amide bonds. The molecular weight excluding hydrogens is 256 g/mol. The molecule has 0 saturated carbocycles. The summed E-state index contributed by atoms with van der Waals surface area (Å²) in [5, 5.41) is 1.74. The van der Waals surface area contributed by atoms with Gasteiger partial charge in [0.2, 0.25) is 0 Å². The van der Waals surface area contributed by atoms with Crippen LogP contribution in [-0.4, -0.2) is 11.3 Å². The molecule has 0 saturated heterocycles. The average Bonchev–Trinajstić information content (AvgIpc) is 2.47. The van der Waals surface area contributed by atoms with Crippen LogP contribution in [0.2, 0.25) is 0 Å². The van der Waals surface area contributed by atoms with Gasteiger partial charge in [-0.3, -0.25) is 4.21 Å². The van der Waals surface area contributed by atoms with E-state index in [-0.39, 0.29) is 0 Å². The molecule has 98 valence electrons. The number of hydrogen-bond acceptors (Lipinski definition) is 2. The lowest BCUT2D eigenvalue weighted by Gasteiger charge is -2.01. The Hall–Kier alpha value is -1.87. The molecule has 0 aliphatic rings. The molecular formula is C16H16O2S. The van der Waals surface area contributed by atoms with Crippen LogP contribution in [0.5, 0.6) is 5.75 Å². The first-order valence-corrected chi connectivity index (χ1v) is 7.39. The summed E-state index contributed by atoms with van der Waals surface area (Å²) in [5.74, 6) is 1.34. The van der Waals surface area contributed by atoms with Crippen LogP contribution in [0.3, 0.4) is 0 Å². The Balaban J connectivity index is 1.95. The third kappa shape index (κ3) is 4.38. The van der Waals surface area contributed by atoms with Crippen molar-refractivity contribution in [2.45, 2.75) is 5.75 Å². The Kier molecular flexibility index (Phi) is 4.93. The highest BCUT2D eigenvalue weighted by Crippen LogP contribution is 2.13. The number of rotatable bonds is 5. The molecule has 0 aliphatic heterocycles. The van der Waals surface area contributed by atoms with Gasteiger partial charge in [0.05, 0.1) is 23.7 Å². The van der Waals surface area contributed by atoms with Crippen molar-refractivity contribution in [2.24, 2.45) is 0 Å². The van der Waals surface area contributed by atoms with Crippen molar-refractivity contribution in [1.29, 1.82) is 0 Å². The average molecular weight is 272 g/mol. The number of benzene rings is 2. The van der Waals surface area contributed by atoms with E-state index in [1.165, 1.54) is 0 Å². The summed E-state index contributed by atoms with van der Waals surface area (Å²) in [6, 6.07) is 17.5. The molecule has 2 rings (SSSR count). The molecule has 19 heavy (non-hydrogen) atoms. The normalized spacial score (nSPS) is 12.5. The Bertz CT molecular complexity index is 559. The maximum atomic E-state index is 11.9. The van der Waals surface area contributed by atoms with E-state index in [0.717, 1.165) is 16.9 Å². The molecule has 0 bridgehead atoms. The topological polar surface area (TPSA) is 26.3 Å². The van der Waals surface area contributed by atoms with Gasteiger partial charge >= 0.3 is 0 Å². The van der Waals surface area contributed by atoms with E-state index in [9.17, 15) is 4.21 Å². The lowest BCUT2D eigenvalue weighted by atomic mass is 10.2. The zero-order chi connectivity index (χ0) is 13.5. The van der Waals surface area contributed by atoms with Crippen LogP contribution in [0.25, 0.3) is 6.08 Å². The van der Waals surface area contributed by atoms with Crippen molar-refractivity contribution >= 4 is 16.9 Å². The van der Waals surface area contributed by atoms with Gasteiger partial charge in [0.1, 0.15) is 5.75 Å². The predicted molar refractivity (Wildman–Crippen MR) is 80.3 cm³/mol. The van der Waals surface area contributed by atoms with Crippen LogP contribution in [0.1, 0.15) is 11.1 Å². The van der Waals surface area contributed by atoms with Crippen molar-refractivity contribution in [2.75, 3.05) is 7.11 Å². The minimum atomic E-state index is -1.00. The minimum absolute atomic E-state index is 0.521. The van der Waals surface area contributed by atoms with Crippen LogP contribution in [-0.2, 0) is 16.6 Å². The van der Waals surface area contributed by atoms with Crippen molar-refractivity contribution in [1.82, 2.24) is 0 Å². The van der Waals surface area contributed by atoms with Gasteiger partial charge in [0.25, 0.3) is 0 Å². The monoisotopic (exact) mass is 272 g/mol. The Morgan fingerprint density at radius 3 is 2.37 bits per heavy atom. The summed E-state index contributed by atoms with van der Waals surface area (Å²) in [7, 11) is 0.633. The minimum Gasteiger partial charge on any atom is -0.497 e. The largest absolute Gasteiger partial charge is 0.497 e. The van der Waals surface area contributed by atoms with Gasteiger partial charge in [0.15, 0.2) is 0 Å². The third-order valence-electron chi connectivity index (χ3n) is 2.68. The fraction of sp³-hybridized carbons (Fsp3) is 0.125. The molecule has 0 heterocycles. The lowest BCUT2D eigenvalue weighted by molar-refractivity contribution is 0.414. The quantitative estimate of drug-likeness (QED) is 0.831. The van der Waals surface area contributed by atoms with E-state index in [0.29, 0.717) is 5.75 Å². The van der Waals surface area contributed by atoms with E-state index >= 15 is 0 Å². The molecule has 0 aromatic heterocycles. The van der Waals surface area contributed by atoms with Gasteiger partial charge in [-0.1, -0.05) is 42.5 Å². The van der Waals surface area contributed by atoms with Gasteiger partial charge in [-0.25, -0.2) is 0 Å². The smallest absolute Gasteiger partial charge is 0.118 e. The van der Waals surface area contributed by atoms with Crippen LogP contribution in [0.4, 0.5) is 0 Å². The fourth-order valence-corrected chi connectivity index (χ4v) is 2.58. The highest BCUT2D eigenvalue weighted by Gasteiger charge is 1.99. The number of methoxy groups -OCH3 is 1. The van der Waals surface area contributed by atoms with Gasteiger partial charge in [-0.15, -0.1) is 0 Å². The van der Waals surface area contributed by atoms with Gasteiger partial charge in [-0.2, -0.15) is 0 Å². The molecule has 1 unspecified atom stereocenters. The molecule has 0 spiro atoms. The summed E-state index contributed by atoms with van der Waals surface area (Å²) in [5.41, 5.74) is 2.10. The van der Waals surface area contributed by atoms with Crippen molar-refractivity contribution in [3.63, 3.8) is 0 Å². The molecule has 3 heteroatoms. The zero-order valence-corrected chi connectivity index (χ0v) is 11.6. The maximum Gasteiger partial charge on any atom is 0.118 e. The Labute approximate surface area is 116 Å². The molecule has 0 N–H and O–H groups in total. The third-order valence-corrected chi connectivity index (χ3v) is 3.74. The summed E-state index contributed by atoms with van der Waals surface area (Å²) in [6.45, 7) is 0. The summed E-state index contributed by atoms with van der Waals surface area (Å²) < 4.78 is 17.0. The first-order chi connectivity index (χ1) is 9.28. The van der Waals surface area contributed by atoms with Gasteiger partial charge in [-0.05, 0) is 29.3 Å². The second kappa shape index (κ2) is 6.90. The van der Waals surface area contributed by atoms with Crippen molar-refractivity contribution in [3.8, 4) is 5.75 Å².